The fraction of sp³-hybridized carbons (Fsp3) is 0.0667. The van der Waals surface area contributed by atoms with Crippen molar-refractivity contribution in [2.45, 2.75) is 0 Å². The molecule has 0 saturated carbocycles. The lowest BCUT2D eigenvalue weighted by Crippen LogP contribution is -1.94. The molecule has 0 amide bonds. The maximum atomic E-state index is 5.93. The second-order valence-corrected chi connectivity index (χ2v) is 4.53. The monoisotopic (exact) mass is 270 g/mol. The van der Waals surface area contributed by atoms with Crippen molar-refractivity contribution < 1.29 is 4.74 Å². The summed E-state index contributed by atoms with van der Waals surface area (Å²) in [5.74, 6) is 0.563. The molecule has 19 heavy (non-hydrogen) atoms. The minimum atomic E-state index is 0.563. The summed E-state index contributed by atoms with van der Waals surface area (Å²) in [6.07, 6.45) is 3.53. The van der Waals surface area contributed by atoms with Crippen molar-refractivity contribution in [1.82, 2.24) is 9.97 Å². The van der Waals surface area contributed by atoms with E-state index in [9.17, 15) is 0 Å². The minimum absolute atomic E-state index is 0.563. The van der Waals surface area contributed by atoms with Crippen LogP contribution < -0.4 is 4.74 Å². The van der Waals surface area contributed by atoms with Crippen molar-refractivity contribution in [1.29, 1.82) is 0 Å². The van der Waals surface area contributed by atoms with Gasteiger partial charge in [-0.1, -0.05) is 23.7 Å². The number of pyridine rings is 2. The fourth-order valence-corrected chi connectivity index (χ4v) is 2.18. The van der Waals surface area contributed by atoms with Gasteiger partial charge in [-0.25, -0.2) is 4.98 Å². The molecule has 0 saturated heterocycles. The van der Waals surface area contributed by atoms with Crippen LogP contribution >= 0.6 is 11.6 Å². The molecule has 2 aromatic heterocycles. The predicted octanol–water partition coefficient (Wildman–Crippen LogP) is 3.96. The molecule has 0 aliphatic heterocycles. The molecule has 4 heteroatoms. The molecule has 0 fully saturated rings. The second-order valence-electron chi connectivity index (χ2n) is 4.09. The highest BCUT2D eigenvalue weighted by molar-refractivity contribution is 6.30. The van der Waals surface area contributed by atoms with Gasteiger partial charge in [-0.3, -0.25) is 4.98 Å². The van der Waals surface area contributed by atoms with E-state index in [-0.39, 0.29) is 0 Å². The van der Waals surface area contributed by atoms with Crippen LogP contribution in [0.3, 0.4) is 0 Å². The molecule has 0 aliphatic rings. The molecular formula is C15H11ClN2O. The third kappa shape index (κ3) is 2.13. The molecule has 3 rings (SSSR count). The summed E-state index contributed by atoms with van der Waals surface area (Å²) >= 11 is 5.93. The Morgan fingerprint density at radius 3 is 2.58 bits per heavy atom. The maximum Gasteiger partial charge on any atom is 0.223 e. The number of rotatable bonds is 2. The number of hydrogen-bond donors (Lipinski definition) is 0. The summed E-state index contributed by atoms with van der Waals surface area (Å²) in [5.41, 5.74) is 2.74. The Morgan fingerprint density at radius 2 is 1.84 bits per heavy atom. The van der Waals surface area contributed by atoms with Crippen molar-refractivity contribution in [2.75, 3.05) is 7.11 Å². The highest BCUT2D eigenvalue weighted by Gasteiger charge is 2.12. The Hall–Kier alpha value is -2.13. The Labute approximate surface area is 115 Å². The number of halogens is 1. The molecule has 0 atom stereocenters. The van der Waals surface area contributed by atoms with Crippen LogP contribution in [0.5, 0.6) is 5.88 Å². The number of ether oxygens (including phenoxy) is 1. The Bertz CT molecular complexity index is 726. The molecule has 0 unspecified atom stereocenters. The lowest BCUT2D eigenvalue weighted by atomic mass is 10.0. The molecule has 0 aliphatic carbocycles. The molecule has 0 radical (unpaired) electrons. The predicted molar refractivity (Wildman–Crippen MR) is 76.5 cm³/mol. The molecule has 0 N–H and O–H groups in total. The molecule has 94 valence electrons. The van der Waals surface area contributed by atoms with Gasteiger partial charge in [0.05, 0.1) is 18.2 Å². The lowest BCUT2D eigenvalue weighted by Gasteiger charge is -2.10. The second kappa shape index (κ2) is 4.86. The first-order chi connectivity index (χ1) is 9.29. The van der Waals surface area contributed by atoms with E-state index in [1.807, 2.05) is 36.4 Å². The molecule has 3 nitrogen and oxygen atoms in total. The first-order valence-electron chi connectivity index (χ1n) is 5.83. The highest BCUT2D eigenvalue weighted by Crippen LogP contribution is 2.34. The number of nitrogens with zero attached hydrogens (tertiary/aromatic N) is 2. The Morgan fingerprint density at radius 1 is 1.05 bits per heavy atom. The summed E-state index contributed by atoms with van der Waals surface area (Å²) in [6.45, 7) is 0. The van der Waals surface area contributed by atoms with Crippen LogP contribution in [0.2, 0.25) is 5.02 Å². The van der Waals surface area contributed by atoms with Gasteiger partial charge in [-0.05, 0) is 29.8 Å². The first kappa shape index (κ1) is 11.9. The molecular weight excluding hydrogens is 260 g/mol. The van der Waals surface area contributed by atoms with Crippen LogP contribution in [0.15, 0.2) is 48.8 Å². The normalized spacial score (nSPS) is 10.6. The topological polar surface area (TPSA) is 35.0 Å². The number of hydrogen-bond acceptors (Lipinski definition) is 3. The van der Waals surface area contributed by atoms with Gasteiger partial charge in [-0.2, -0.15) is 0 Å². The highest BCUT2D eigenvalue weighted by atomic mass is 35.5. The van der Waals surface area contributed by atoms with Crippen molar-refractivity contribution in [3.63, 3.8) is 0 Å². The molecule has 0 bridgehead atoms. The molecule has 2 heterocycles. The summed E-state index contributed by atoms with van der Waals surface area (Å²) in [5, 5.41) is 1.68. The van der Waals surface area contributed by atoms with Gasteiger partial charge in [0, 0.05) is 22.8 Å². The fourth-order valence-electron chi connectivity index (χ4n) is 2.06. The zero-order chi connectivity index (χ0) is 13.2. The summed E-state index contributed by atoms with van der Waals surface area (Å²) in [7, 11) is 1.61. The number of fused-ring (bicyclic) bond motifs is 1. The third-order valence-corrected chi connectivity index (χ3v) is 3.19. The minimum Gasteiger partial charge on any atom is -0.480 e. The van der Waals surface area contributed by atoms with E-state index < -0.39 is 0 Å². The van der Waals surface area contributed by atoms with Crippen molar-refractivity contribution in [3.8, 4) is 17.0 Å². The van der Waals surface area contributed by atoms with E-state index in [1.54, 1.807) is 19.5 Å². The Balaban J connectivity index is 2.33. The SMILES string of the molecule is COc1ncc2cccnc2c1-c1ccc(Cl)cc1. The van der Waals surface area contributed by atoms with Crippen LogP contribution in [-0.2, 0) is 0 Å². The van der Waals surface area contributed by atoms with Crippen molar-refractivity contribution >= 4 is 22.5 Å². The summed E-state index contributed by atoms with van der Waals surface area (Å²) in [4.78, 5) is 8.76. The lowest BCUT2D eigenvalue weighted by molar-refractivity contribution is 0.400. The van der Waals surface area contributed by atoms with Crippen LogP contribution in [0.25, 0.3) is 22.0 Å². The zero-order valence-electron chi connectivity index (χ0n) is 10.3. The van der Waals surface area contributed by atoms with E-state index in [0.29, 0.717) is 10.9 Å². The third-order valence-electron chi connectivity index (χ3n) is 2.94. The van der Waals surface area contributed by atoms with Crippen molar-refractivity contribution in [3.05, 3.63) is 53.8 Å². The van der Waals surface area contributed by atoms with Crippen LogP contribution in [0.4, 0.5) is 0 Å². The van der Waals surface area contributed by atoms with E-state index in [0.717, 1.165) is 22.0 Å². The zero-order valence-corrected chi connectivity index (χ0v) is 11.1. The van der Waals surface area contributed by atoms with Gasteiger partial charge in [0.15, 0.2) is 0 Å². The van der Waals surface area contributed by atoms with Gasteiger partial charge in [0.1, 0.15) is 0 Å². The van der Waals surface area contributed by atoms with Gasteiger partial charge in [0.25, 0.3) is 0 Å². The van der Waals surface area contributed by atoms with Crippen LogP contribution in [0.1, 0.15) is 0 Å². The number of methoxy groups -OCH3 is 1. The van der Waals surface area contributed by atoms with Crippen LogP contribution in [-0.4, -0.2) is 17.1 Å². The first-order valence-corrected chi connectivity index (χ1v) is 6.21. The van der Waals surface area contributed by atoms with Crippen LogP contribution in [0, 0.1) is 0 Å². The standard InChI is InChI=1S/C15H11ClN2O/c1-19-15-13(10-4-6-12(16)7-5-10)14-11(9-18-15)3-2-8-17-14/h2-9H,1H3. The number of aromatic nitrogens is 2. The largest absolute Gasteiger partial charge is 0.480 e. The molecule has 1 aromatic carbocycles. The average Bonchev–Trinajstić information content (AvgIpc) is 2.47. The van der Waals surface area contributed by atoms with E-state index in [2.05, 4.69) is 9.97 Å². The maximum absolute atomic E-state index is 5.93. The van der Waals surface area contributed by atoms with Gasteiger partial charge < -0.3 is 4.74 Å². The van der Waals surface area contributed by atoms with Gasteiger partial charge >= 0.3 is 0 Å². The Kier molecular flexibility index (Phi) is 3.05. The van der Waals surface area contributed by atoms with Crippen molar-refractivity contribution in [2.24, 2.45) is 0 Å². The smallest absolute Gasteiger partial charge is 0.223 e. The van der Waals surface area contributed by atoms with E-state index >= 15 is 0 Å². The summed E-state index contributed by atoms with van der Waals surface area (Å²) < 4.78 is 5.35. The number of benzene rings is 1. The van der Waals surface area contributed by atoms with E-state index in [4.69, 9.17) is 16.3 Å². The molecule has 0 spiro atoms. The summed E-state index contributed by atoms with van der Waals surface area (Å²) in [6, 6.07) is 11.4. The average molecular weight is 271 g/mol. The van der Waals surface area contributed by atoms with Gasteiger partial charge in [0.2, 0.25) is 5.88 Å². The molecule has 3 aromatic rings. The van der Waals surface area contributed by atoms with Gasteiger partial charge in [-0.15, -0.1) is 0 Å². The quantitative estimate of drug-likeness (QED) is 0.707. The van der Waals surface area contributed by atoms with E-state index in [1.165, 1.54) is 0 Å².